The summed E-state index contributed by atoms with van der Waals surface area (Å²) < 4.78 is 70.2. The summed E-state index contributed by atoms with van der Waals surface area (Å²) in [4.78, 5) is 34.0. The highest BCUT2D eigenvalue weighted by atomic mass is 32.2. The first-order valence-electron chi connectivity index (χ1n) is 13.6. The molecule has 1 aliphatic heterocycles. The Morgan fingerprint density at radius 3 is 2.48 bits per heavy atom. The fourth-order valence-electron chi connectivity index (χ4n) is 4.69. The molecule has 1 N–H and O–H groups in total. The van der Waals surface area contributed by atoms with Crippen LogP contribution in [-0.2, 0) is 21.4 Å². The molecule has 0 unspecified atom stereocenters. The summed E-state index contributed by atoms with van der Waals surface area (Å²) >= 11 is 0. The van der Waals surface area contributed by atoms with E-state index in [1.54, 1.807) is 4.90 Å². The molecule has 1 amide bonds. The number of amides is 1. The molecular formula is C28H29F3N8O4S. The summed E-state index contributed by atoms with van der Waals surface area (Å²) in [7, 11) is -2.35. The smallest absolute Gasteiger partial charge is 0.406 e. The van der Waals surface area contributed by atoms with Crippen LogP contribution in [0.2, 0.25) is 0 Å². The molecule has 0 radical (unpaired) electrons. The van der Waals surface area contributed by atoms with Gasteiger partial charge in [-0.25, -0.2) is 28.4 Å². The third-order valence-corrected chi connectivity index (χ3v) is 9.07. The molecule has 0 bridgehead atoms. The number of benzene rings is 2. The Morgan fingerprint density at radius 2 is 1.80 bits per heavy atom. The van der Waals surface area contributed by atoms with Crippen LogP contribution in [0.1, 0.15) is 12.5 Å². The van der Waals surface area contributed by atoms with Crippen molar-refractivity contribution in [1.82, 2.24) is 29.6 Å². The number of hydrogen-bond acceptors (Lipinski definition) is 10. The van der Waals surface area contributed by atoms with E-state index >= 15 is 0 Å². The Balaban J connectivity index is 1.39. The number of ether oxygens (including phenoxy) is 1. The molecule has 1 fully saturated rings. The quantitative estimate of drug-likeness (QED) is 0.294. The van der Waals surface area contributed by atoms with E-state index in [-0.39, 0.29) is 31.1 Å². The zero-order valence-corrected chi connectivity index (χ0v) is 24.6. The lowest BCUT2D eigenvalue weighted by Crippen LogP contribution is -2.60. The lowest BCUT2D eigenvalue weighted by molar-refractivity contribution is -0.274. The van der Waals surface area contributed by atoms with Crippen LogP contribution in [0.25, 0.3) is 11.2 Å². The van der Waals surface area contributed by atoms with Gasteiger partial charge in [0.05, 0.1) is 17.3 Å². The van der Waals surface area contributed by atoms with E-state index in [1.807, 2.05) is 38.2 Å². The van der Waals surface area contributed by atoms with E-state index in [0.29, 0.717) is 17.0 Å². The van der Waals surface area contributed by atoms with Crippen LogP contribution in [-0.4, -0.2) is 84.2 Å². The molecule has 0 saturated carbocycles. The fourth-order valence-corrected chi connectivity index (χ4v) is 6.26. The lowest BCUT2D eigenvalue weighted by Gasteiger charge is -2.40. The summed E-state index contributed by atoms with van der Waals surface area (Å²) in [5.41, 5.74) is 2.64. The van der Waals surface area contributed by atoms with Gasteiger partial charge in [0.1, 0.15) is 29.5 Å². The third-order valence-electron chi connectivity index (χ3n) is 7.15. The molecule has 4 aromatic rings. The van der Waals surface area contributed by atoms with Gasteiger partial charge >= 0.3 is 6.36 Å². The summed E-state index contributed by atoms with van der Waals surface area (Å²) in [5, 5.41) is 2.83. The van der Waals surface area contributed by atoms with Crippen molar-refractivity contribution < 1.29 is 31.1 Å². The molecule has 1 saturated heterocycles. The van der Waals surface area contributed by atoms with Crippen LogP contribution in [0.5, 0.6) is 5.75 Å². The molecular weight excluding hydrogens is 601 g/mol. The Hall–Kier alpha value is -4.57. The zero-order chi connectivity index (χ0) is 31.5. The Labute approximate surface area is 251 Å². The maximum atomic E-state index is 13.7. The number of fused-ring (bicyclic) bond motifs is 1. The largest absolute Gasteiger partial charge is 0.573 e. The maximum Gasteiger partial charge on any atom is 0.573 e. The number of carbonyl (C=O) groups excluding carboxylic acids is 1. The van der Waals surface area contributed by atoms with Crippen molar-refractivity contribution in [2.24, 2.45) is 0 Å². The predicted molar refractivity (Wildman–Crippen MR) is 155 cm³/mol. The van der Waals surface area contributed by atoms with Crippen LogP contribution < -0.4 is 19.9 Å². The number of nitrogens with zero attached hydrogens (tertiary/aromatic N) is 7. The van der Waals surface area contributed by atoms with Crippen LogP contribution in [0.3, 0.4) is 0 Å². The average molecular weight is 631 g/mol. The predicted octanol–water partition coefficient (Wildman–Crippen LogP) is 2.97. The molecule has 1 aliphatic rings. The van der Waals surface area contributed by atoms with Gasteiger partial charge in [-0.05, 0) is 48.9 Å². The van der Waals surface area contributed by atoms with Gasteiger partial charge < -0.3 is 19.9 Å². The van der Waals surface area contributed by atoms with E-state index < -0.39 is 34.1 Å². The van der Waals surface area contributed by atoms with Crippen molar-refractivity contribution in [3.63, 3.8) is 0 Å². The Morgan fingerprint density at radius 1 is 1.07 bits per heavy atom. The van der Waals surface area contributed by atoms with Crippen molar-refractivity contribution in [3.05, 3.63) is 72.8 Å². The van der Waals surface area contributed by atoms with Crippen LogP contribution >= 0.6 is 0 Å². The number of alkyl halides is 3. The first kappa shape index (κ1) is 30.9. The van der Waals surface area contributed by atoms with Crippen molar-refractivity contribution in [1.29, 1.82) is 0 Å². The number of rotatable bonds is 9. The molecule has 16 heteroatoms. The number of anilines is 2. The minimum Gasteiger partial charge on any atom is -0.406 e. The number of piperazine rings is 1. The number of nitrogens with one attached hydrogen (secondary N) is 1. The molecule has 0 spiro atoms. The minimum atomic E-state index is -4.93. The van der Waals surface area contributed by atoms with Gasteiger partial charge in [-0.1, -0.05) is 12.1 Å². The van der Waals surface area contributed by atoms with E-state index in [4.69, 9.17) is 0 Å². The third kappa shape index (κ3) is 6.97. The van der Waals surface area contributed by atoms with Crippen molar-refractivity contribution >= 4 is 38.6 Å². The lowest BCUT2D eigenvalue weighted by atomic mass is 10.1. The Bertz CT molecular complexity index is 1720. The molecule has 12 nitrogen and oxygen atoms in total. The first-order valence-corrected chi connectivity index (χ1v) is 15.0. The van der Waals surface area contributed by atoms with E-state index in [1.165, 1.54) is 18.7 Å². The van der Waals surface area contributed by atoms with Gasteiger partial charge in [0.25, 0.3) is 0 Å². The normalized spacial score (nSPS) is 16.1. The Kier molecular flexibility index (Phi) is 8.82. The molecule has 2 aromatic heterocycles. The average Bonchev–Trinajstić information content (AvgIpc) is 3.02. The molecule has 232 valence electrons. The van der Waals surface area contributed by atoms with Gasteiger partial charge in [0, 0.05) is 45.5 Å². The summed E-state index contributed by atoms with van der Waals surface area (Å²) in [6.45, 7) is 2.99. The molecule has 0 aliphatic carbocycles. The molecule has 5 rings (SSSR count). The summed E-state index contributed by atoms with van der Waals surface area (Å²) in [6.07, 6.45) is -0.583. The van der Waals surface area contributed by atoms with E-state index in [0.717, 1.165) is 46.4 Å². The van der Waals surface area contributed by atoms with Gasteiger partial charge in [-0.3, -0.25) is 4.79 Å². The SMILES string of the molecule is CCN(C)c1ccc(CNC(=O)[C@H]2CN(c3cnc4cncnc4n3)CCN2S(=O)(=O)c2ccc(OC(F)(F)F)cc2)cc1. The van der Waals surface area contributed by atoms with E-state index in [2.05, 4.69) is 34.9 Å². The standard InChI is InChI=1S/C28H29F3N8O4S/c1-3-37(2)20-6-4-19(5-7-20)14-34-27(40)24-17-38(25-16-33-23-15-32-18-35-26(23)36-25)12-13-39(24)44(41,42)22-10-8-21(9-11-22)43-28(29,30)31/h4-11,15-16,18,24H,3,12-14,17H2,1-2H3,(H,34,40)/t24-/m1/s1. The highest BCUT2D eigenvalue weighted by Gasteiger charge is 2.41. The van der Waals surface area contributed by atoms with Gasteiger partial charge in [-0.15, -0.1) is 13.2 Å². The minimum absolute atomic E-state index is 0.0637. The van der Waals surface area contributed by atoms with Gasteiger partial charge in [-0.2, -0.15) is 4.31 Å². The van der Waals surface area contributed by atoms with Crippen LogP contribution in [0.15, 0.2) is 72.1 Å². The number of halogens is 3. The zero-order valence-electron chi connectivity index (χ0n) is 23.8. The second kappa shape index (κ2) is 12.6. The van der Waals surface area contributed by atoms with E-state index in [9.17, 15) is 26.4 Å². The van der Waals surface area contributed by atoms with Gasteiger partial charge in [0.2, 0.25) is 15.9 Å². The highest BCUT2D eigenvalue weighted by Crippen LogP contribution is 2.28. The molecule has 2 aromatic carbocycles. The number of sulfonamides is 1. The second-order valence-corrected chi connectivity index (χ2v) is 11.8. The second-order valence-electron chi connectivity index (χ2n) is 9.95. The van der Waals surface area contributed by atoms with Gasteiger partial charge in [0.15, 0.2) is 5.65 Å². The summed E-state index contributed by atoms with van der Waals surface area (Å²) in [5.74, 6) is -0.721. The first-order chi connectivity index (χ1) is 20.9. The maximum absolute atomic E-state index is 13.7. The molecule has 1 atom stereocenters. The highest BCUT2D eigenvalue weighted by molar-refractivity contribution is 7.89. The topological polar surface area (TPSA) is 134 Å². The van der Waals surface area contributed by atoms with Crippen molar-refractivity contribution in [2.45, 2.75) is 30.8 Å². The number of hydrogen-bond donors (Lipinski definition) is 1. The van der Waals surface area contributed by atoms with Crippen LogP contribution in [0.4, 0.5) is 24.7 Å². The van der Waals surface area contributed by atoms with Crippen molar-refractivity contribution in [2.75, 3.05) is 43.0 Å². The fraction of sp³-hybridized carbons (Fsp3) is 0.321. The monoisotopic (exact) mass is 630 g/mol. The summed E-state index contributed by atoms with van der Waals surface area (Å²) in [6, 6.07) is 10.3. The van der Waals surface area contributed by atoms with Crippen LogP contribution in [0, 0.1) is 0 Å². The number of carbonyl (C=O) groups is 1. The number of aromatic nitrogens is 4. The molecule has 44 heavy (non-hydrogen) atoms. The molecule has 3 heterocycles. The van der Waals surface area contributed by atoms with Crippen molar-refractivity contribution in [3.8, 4) is 5.75 Å².